The van der Waals surface area contributed by atoms with Crippen LogP contribution in [0.5, 0.6) is 11.5 Å². The highest BCUT2D eigenvalue weighted by Crippen LogP contribution is 2.50. The van der Waals surface area contributed by atoms with Crippen LogP contribution in [0.15, 0.2) is 114 Å². The van der Waals surface area contributed by atoms with Gasteiger partial charge in [-0.2, -0.15) is 0 Å². The lowest BCUT2D eigenvalue weighted by Gasteiger charge is -2.22. The molecule has 0 fully saturated rings. The van der Waals surface area contributed by atoms with Gasteiger partial charge in [-0.3, -0.25) is 9.55 Å². The molecule has 0 aliphatic carbocycles. The summed E-state index contributed by atoms with van der Waals surface area (Å²) in [4.78, 5) is 10.2. The number of hydrogen-bond acceptors (Lipinski definition) is 5. The molecule has 0 N–H and O–H groups in total. The third-order valence-electron chi connectivity index (χ3n) is 10.2. The van der Waals surface area contributed by atoms with Crippen molar-refractivity contribution in [3.8, 4) is 39.8 Å². The molecule has 258 valence electrons. The zero-order valence-corrected chi connectivity index (χ0v) is 31.4. The maximum atomic E-state index is 6.90. The van der Waals surface area contributed by atoms with Crippen molar-refractivity contribution in [2.75, 3.05) is 0 Å². The summed E-state index contributed by atoms with van der Waals surface area (Å²) >= 11 is 1.79. The van der Waals surface area contributed by atoms with Crippen LogP contribution in [-0.2, 0) is 5.41 Å². The fourth-order valence-corrected chi connectivity index (χ4v) is 8.80. The van der Waals surface area contributed by atoms with Gasteiger partial charge >= 0.3 is 0 Å². The number of rotatable bonds is 7. The summed E-state index contributed by atoms with van der Waals surface area (Å²) in [5.74, 6) is 2.93. The second kappa shape index (κ2) is 12.1. The summed E-state index contributed by atoms with van der Waals surface area (Å²) in [6.45, 7) is 15.8. The lowest BCUT2D eigenvalue weighted by Crippen LogP contribution is -2.11. The molecule has 0 atom stereocenters. The van der Waals surface area contributed by atoms with E-state index in [0.717, 1.165) is 60.3 Å². The lowest BCUT2D eigenvalue weighted by atomic mass is 9.87. The molecule has 9 rings (SSSR count). The largest absolute Gasteiger partial charge is 0.453 e. The van der Waals surface area contributed by atoms with Crippen molar-refractivity contribution in [2.24, 2.45) is 0 Å². The second-order valence-electron chi connectivity index (χ2n) is 15.5. The number of aromatic nitrogens is 3. The zero-order valence-electron chi connectivity index (χ0n) is 30.6. The Morgan fingerprint density at radius 3 is 2.29 bits per heavy atom. The van der Waals surface area contributed by atoms with Gasteiger partial charge in [-0.25, -0.2) is 4.98 Å². The topological polar surface area (TPSA) is 53.1 Å². The molecule has 0 aliphatic heterocycles. The van der Waals surface area contributed by atoms with E-state index in [1.54, 1.807) is 11.3 Å². The van der Waals surface area contributed by atoms with E-state index in [2.05, 4.69) is 144 Å². The first-order valence-corrected chi connectivity index (χ1v) is 18.9. The first kappa shape index (κ1) is 32.4. The minimum absolute atomic E-state index is 0.0109. The first-order valence-electron chi connectivity index (χ1n) is 18.1. The molecular formula is C46H41N3O2S. The zero-order chi connectivity index (χ0) is 35.9. The number of pyridine rings is 1. The van der Waals surface area contributed by atoms with E-state index in [1.165, 1.54) is 27.1 Å². The van der Waals surface area contributed by atoms with E-state index in [4.69, 9.17) is 19.1 Å². The van der Waals surface area contributed by atoms with Gasteiger partial charge in [0, 0.05) is 32.1 Å². The summed E-state index contributed by atoms with van der Waals surface area (Å²) in [7, 11) is 0. The molecule has 0 spiro atoms. The third kappa shape index (κ3) is 5.19. The molecule has 0 unspecified atom stereocenters. The Morgan fingerprint density at radius 1 is 0.769 bits per heavy atom. The van der Waals surface area contributed by atoms with E-state index in [-0.39, 0.29) is 5.41 Å². The molecule has 9 aromatic rings. The number of thiophene rings is 1. The van der Waals surface area contributed by atoms with Crippen molar-refractivity contribution in [3.05, 3.63) is 126 Å². The van der Waals surface area contributed by atoms with Crippen LogP contribution in [0.4, 0.5) is 0 Å². The van der Waals surface area contributed by atoms with Crippen molar-refractivity contribution in [3.63, 3.8) is 0 Å². The van der Waals surface area contributed by atoms with E-state index < -0.39 is 0 Å². The Morgan fingerprint density at radius 2 is 1.52 bits per heavy atom. The minimum Gasteiger partial charge on any atom is -0.453 e. The Bertz CT molecular complexity index is 2750. The van der Waals surface area contributed by atoms with Gasteiger partial charge in [0.1, 0.15) is 17.2 Å². The van der Waals surface area contributed by atoms with Crippen molar-refractivity contribution < 1.29 is 9.15 Å². The average Bonchev–Trinajstić information content (AvgIpc) is 3.84. The second-order valence-corrected chi connectivity index (χ2v) is 16.5. The van der Waals surface area contributed by atoms with Gasteiger partial charge in [-0.05, 0) is 88.5 Å². The molecule has 6 heteroatoms. The van der Waals surface area contributed by atoms with Crippen LogP contribution in [0, 0.1) is 0 Å². The van der Waals surface area contributed by atoms with Gasteiger partial charge in [0.25, 0.3) is 0 Å². The molecule has 5 aromatic carbocycles. The van der Waals surface area contributed by atoms with Gasteiger partial charge in [0.2, 0.25) is 0 Å². The van der Waals surface area contributed by atoms with Crippen LogP contribution < -0.4 is 4.74 Å². The summed E-state index contributed by atoms with van der Waals surface area (Å²) in [5, 5.41) is 2.24. The van der Waals surface area contributed by atoms with E-state index in [9.17, 15) is 0 Å². The summed E-state index contributed by atoms with van der Waals surface area (Å²) in [6.07, 6.45) is 1.92. The molecule has 4 aromatic heterocycles. The van der Waals surface area contributed by atoms with E-state index in [1.807, 2.05) is 18.3 Å². The van der Waals surface area contributed by atoms with Gasteiger partial charge in [0.05, 0.1) is 27.8 Å². The molecule has 0 saturated heterocycles. The molecule has 0 bridgehead atoms. The Balaban J connectivity index is 1.23. The van der Waals surface area contributed by atoms with Gasteiger partial charge in [0.15, 0.2) is 11.3 Å². The molecule has 0 saturated carbocycles. The van der Waals surface area contributed by atoms with Gasteiger partial charge in [-0.1, -0.05) is 97.0 Å². The molecule has 0 radical (unpaired) electrons. The first-order chi connectivity index (χ1) is 25.1. The predicted octanol–water partition coefficient (Wildman–Crippen LogP) is 13.6. The fourth-order valence-electron chi connectivity index (χ4n) is 7.56. The lowest BCUT2D eigenvalue weighted by molar-refractivity contribution is 0.477. The average molecular weight is 700 g/mol. The standard InChI is InChI=1S/C46H41N3O2S/c1-26(2)31-15-11-16-32(27(3)4)42(31)49-36-18-9-8-17-34(36)48-45(49)28-13-10-14-30(23-28)50-38-25-33(35-24-29(21-22-47-35)46(5,6)7)44-41-40-37(51-43(38)41)19-12-20-39(40)52-44/h8-27H,1-7H3. The number of benzene rings is 5. The van der Waals surface area contributed by atoms with Crippen LogP contribution in [-0.4, -0.2) is 14.5 Å². The summed E-state index contributed by atoms with van der Waals surface area (Å²) in [6, 6.07) is 36.1. The number of para-hydroxylation sites is 3. The van der Waals surface area contributed by atoms with Crippen molar-refractivity contribution in [1.29, 1.82) is 0 Å². The van der Waals surface area contributed by atoms with E-state index >= 15 is 0 Å². The van der Waals surface area contributed by atoms with Crippen molar-refractivity contribution >= 4 is 53.7 Å². The maximum Gasteiger partial charge on any atom is 0.179 e. The van der Waals surface area contributed by atoms with Crippen LogP contribution in [0.1, 0.15) is 77.0 Å². The number of ether oxygens (including phenoxy) is 1. The van der Waals surface area contributed by atoms with Crippen molar-refractivity contribution in [2.45, 2.75) is 65.7 Å². The molecule has 52 heavy (non-hydrogen) atoms. The Hall–Kier alpha value is -5.46. The number of fused-ring (bicyclic) bond motifs is 1. The predicted molar refractivity (Wildman–Crippen MR) is 217 cm³/mol. The molecule has 5 nitrogen and oxygen atoms in total. The molecular weight excluding hydrogens is 659 g/mol. The number of furan rings is 1. The van der Waals surface area contributed by atoms with E-state index in [0.29, 0.717) is 23.3 Å². The smallest absolute Gasteiger partial charge is 0.179 e. The number of imidazole rings is 1. The van der Waals surface area contributed by atoms with Crippen LogP contribution >= 0.6 is 11.3 Å². The third-order valence-corrected chi connectivity index (χ3v) is 11.4. The van der Waals surface area contributed by atoms with Crippen LogP contribution in [0.2, 0.25) is 0 Å². The SMILES string of the molecule is CC(C)c1cccc(C(C)C)c1-n1c(-c2cccc(Oc3cc(-c4cc(C(C)(C)C)ccn4)c4sc5cccc6oc3c4c65)c2)nc2ccccc21. The fraction of sp³-hybridized carbons (Fsp3) is 0.217. The normalized spacial score (nSPS) is 12.5. The highest BCUT2D eigenvalue weighted by Gasteiger charge is 2.26. The summed E-state index contributed by atoms with van der Waals surface area (Å²) in [5.41, 5.74) is 11.6. The van der Waals surface area contributed by atoms with Gasteiger partial charge in [-0.15, -0.1) is 11.3 Å². The Labute approximate surface area is 307 Å². The quantitative estimate of drug-likeness (QED) is 0.166. The number of hydrogen-bond donors (Lipinski definition) is 0. The highest BCUT2D eigenvalue weighted by atomic mass is 32.1. The maximum absolute atomic E-state index is 6.90. The number of nitrogens with zero attached hydrogens (tertiary/aromatic N) is 3. The van der Waals surface area contributed by atoms with Crippen LogP contribution in [0.3, 0.4) is 0 Å². The highest BCUT2D eigenvalue weighted by molar-refractivity contribution is 7.26. The Kier molecular flexibility index (Phi) is 7.53. The summed E-state index contributed by atoms with van der Waals surface area (Å²) < 4.78 is 18.2. The van der Waals surface area contributed by atoms with Crippen LogP contribution in [0.25, 0.3) is 70.7 Å². The molecule has 4 heterocycles. The minimum atomic E-state index is -0.0109. The van der Waals surface area contributed by atoms with Gasteiger partial charge < -0.3 is 9.15 Å². The van der Waals surface area contributed by atoms with Crippen molar-refractivity contribution in [1.82, 2.24) is 14.5 Å². The molecule has 0 aliphatic rings. The molecule has 0 amide bonds. The monoisotopic (exact) mass is 699 g/mol.